The molecule has 3 amide bonds. The topological polar surface area (TPSA) is 108 Å². The number of carbonyl (C=O) groups is 3. The third-order valence-corrected chi connectivity index (χ3v) is 8.45. The molecule has 3 N–H and O–H groups in total. The summed E-state index contributed by atoms with van der Waals surface area (Å²) in [6, 6.07) is -1.36. The van der Waals surface area contributed by atoms with Crippen molar-refractivity contribution < 1.29 is 24.2 Å². The molecule has 1 spiro atoms. The minimum Gasteiger partial charge on any atom is -0.394 e. The Balaban J connectivity index is 2.06. The molecular formula is C24H41N3O5. The molecular weight excluding hydrogens is 410 g/mol. The molecule has 8 atom stereocenters. The molecule has 3 unspecified atom stereocenters. The van der Waals surface area contributed by atoms with Crippen molar-refractivity contribution in [2.24, 2.45) is 23.7 Å². The Kier molecular flexibility index (Phi) is 7.25. The lowest BCUT2D eigenvalue weighted by molar-refractivity contribution is -0.152. The van der Waals surface area contributed by atoms with E-state index in [9.17, 15) is 19.5 Å². The van der Waals surface area contributed by atoms with E-state index in [1.807, 2.05) is 27.7 Å². The molecule has 3 rings (SSSR count). The summed E-state index contributed by atoms with van der Waals surface area (Å²) in [5, 5.41) is 16.0. The van der Waals surface area contributed by atoms with Crippen molar-refractivity contribution in [2.45, 2.75) is 90.0 Å². The summed E-state index contributed by atoms with van der Waals surface area (Å²) in [5.41, 5.74) is -1.86. The van der Waals surface area contributed by atoms with E-state index in [2.05, 4.69) is 17.6 Å². The second-order valence-corrected chi connectivity index (χ2v) is 10.2. The highest BCUT2D eigenvalue weighted by molar-refractivity contribution is 5.99. The van der Waals surface area contributed by atoms with E-state index in [1.54, 1.807) is 11.9 Å². The first-order valence-corrected chi connectivity index (χ1v) is 12.3. The molecule has 0 aromatic carbocycles. The minimum atomic E-state index is -1.06. The average molecular weight is 452 g/mol. The highest BCUT2D eigenvalue weighted by atomic mass is 16.5. The summed E-state index contributed by atoms with van der Waals surface area (Å²) in [4.78, 5) is 42.1. The summed E-state index contributed by atoms with van der Waals surface area (Å²) in [6.07, 6.45) is 4.21. The molecule has 8 nitrogen and oxygen atoms in total. The zero-order valence-corrected chi connectivity index (χ0v) is 20.4. The van der Waals surface area contributed by atoms with Crippen molar-refractivity contribution in [3.8, 4) is 0 Å². The lowest BCUT2D eigenvalue weighted by atomic mass is 9.62. The number of nitrogens with zero attached hydrogens (tertiary/aromatic N) is 1. The standard InChI is InChI=1S/C24H41N3O5/c1-7-9-10-11-26-21(30)19-24-12-15(4)23(5,32-24)17(20(29)25-6)18(24)22(31)27(19)16(13-28)14(3)8-2/h14-19,28H,7-13H2,1-6H3,(H,25,29)(H,26,30)/t14-,15?,16-,17-,18-,19?,23+,24?/m0/s1. The number of amides is 3. The summed E-state index contributed by atoms with van der Waals surface area (Å²) in [5.74, 6) is -2.10. The van der Waals surface area contributed by atoms with E-state index in [-0.39, 0.29) is 36.2 Å². The van der Waals surface area contributed by atoms with Crippen molar-refractivity contribution in [3.05, 3.63) is 0 Å². The van der Waals surface area contributed by atoms with Crippen LogP contribution in [-0.2, 0) is 19.1 Å². The number of nitrogens with one attached hydrogen (secondary N) is 2. The number of hydrogen-bond acceptors (Lipinski definition) is 5. The molecule has 182 valence electrons. The zero-order chi connectivity index (χ0) is 23.8. The summed E-state index contributed by atoms with van der Waals surface area (Å²) in [6.45, 7) is 10.3. The monoisotopic (exact) mass is 451 g/mol. The Bertz CT molecular complexity index is 745. The quantitative estimate of drug-likeness (QED) is 0.436. The highest BCUT2D eigenvalue weighted by Crippen LogP contribution is 2.65. The average Bonchev–Trinajstić information content (AvgIpc) is 3.28. The fourth-order valence-corrected chi connectivity index (χ4v) is 6.39. The van der Waals surface area contributed by atoms with Crippen molar-refractivity contribution in [2.75, 3.05) is 20.2 Å². The van der Waals surface area contributed by atoms with E-state index < -0.39 is 35.1 Å². The van der Waals surface area contributed by atoms with Crippen molar-refractivity contribution in [3.63, 3.8) is 0 Å². The molecule has 0 saturated carbocycles. The molecule has 3 aliphatic rings. The Morgan fingerprint density at radius 3 is 2.53 bits per heavy atom. The lowest BCUT2D eigenvalue weighted by Gasteiger charge is -2.39. The van der Waals surface area contributed by atoms with Crippen LogP contribution >= 0.6 is 0 Å². The number of likely N-dealkylation sites (tertiary alicyclic amines) is 1. The van der Waals surface area contributed by atoms with Gasteiger partial charge in [0, 0.05) is 13.6 Å². The lowest BCUT2D eigenvalue weighted by Crippen LogP contribution is -2.59. The molecule has 2 bridgehead atoms. The van der Waals surface area contributed by atoms with Gasteiger partial charge in [-0.05, 0) is 31.6 Å². The minimum absolute atomic E-state index is 0.00164. The maximum absolute atomic E-state index is 13.9. The van der Waals surface area contributed by atoms with Crippen LogP contribution in [-0.4, -0.2) is 71.2 Å². The third kappa shape index (κ3) is 3.54. The van der Waals surface area contributed by atoms with Gasteiger partial charge in [-0.25, -0.2) is 0 Å². The Hall–Kier alpha value is -1.67. The van der Waals surface area contributed by atoms with Gasteiger partial charge in [0.1, 0.15) is 11.6 Å². The van der Waals surface area contributed by atoms with Gasteiger partial charge in [-0.3, -0.25) is 14.4 Å². The number of aliphatic hydroxyl groups is 1. The number of carbonyl (C=O) groups excluding carboxylic acids is 3. The molecule has 3 saturated heterocycles. The van der Waals surface area contributed by atoms with Crippen LogP contribution in [0.4, 0.5) is 0 Å². The molecule has 0 aromatic heterocycles. The first kappa shape index (κ1) is 25.0. The fraction of sp³-hybridized carbons (Fsp3) is 0.875. The van der Waals surface area contributed by atoms with Gasteiger partial charge in [0.25, 0.3) is 0 Å². The zero-order valence-electron chi connectivity index (χ0n) is 20.4. The van der Waals surface area contributed by atoms with Gasteiger partial charge >= 0.3 is 0 Å². The van der Waals surface area contributed by atoms with Gasteiger partial charge < -0.3 is 25.4 Å². The van der Waals surface area contributed by atoms with Crippen LogP contribution in [0.15, 0.2) is 0 Å². The summed E-state index contributed by atoms with van der Waals surface area (Å²) >= 11 is 0. The van der Waals surface area contributed by atoms with Crippen LogP contribution in [0.1, 0.15) is 66.7 Å². The number of unbranched alkanes of at least 4 members (excludes halogenated alkanes) is 2. The maximum atomic E-state index is 13.9. The van der Waals surface area contributed by atoms with Crippen LogP contribution < -0.4 is 10.6 Å². The number of fused-ring (bicyclic) bond motifs is 1. The van der Waals surface area contributed by atoms with Crippen LogP contribution in [0.5, 0.6) is 0 Å². The van der Waals surface area contributed by atoms with E-state index in [1.165, 1.54) is 0 Å². The van der Waals surface area contributed by atoms with Gasteiger partial charge in [-0.15, -0.1) is 0 Å². The van der Waals surface area contributed by atoms with Crippen molar-refractivity contribution in [1.82, 2.24) is 15.5 Å². The van der Waals surface area contributed by atoms with E-state index in [0.717, 1.165) is 25.7 Å². The number of rotatable bonds is 10. The maximum Gasteiger partial charge on any atom is 0.245 e. The number of ether oxygens (including phenoxy) is 1. The van der Waals surface area contributed by atoms with Crippen molar-refractivity contribution >= 4 is 17.7 Å². The number of aliphatic hydroxyl groups excluding tert-OH is 1. The largest absolute Gasteiger partial charge is 0.394 e. The van der Waals surface area contributed by atoms with Gasteiger partial charge in [-0.2, -0.15) is 0 Å². The van der Waals surface area contributed by atoms with Crippen LogP contribution in [0.2, 0.25) is 0 Å². The van der Waals surface area contributed by atoms with Gasteiger partial charge in [0.2, 0.25) is 17.7 Å². The molecule has 32 heavy (non-hydrogen) atoms. The molecule has 0 aliphatic carbocycles. The van der Waals surface area contributed by atoms with E-state index in [4.69, 9.17) is 4.74 Å². The van der Waals surface area contributed by atoms with Crippen LogP contribution in [0.25, 0.3) is 0 Å². The van der Waals surface area contributed by atoms with E-state index in [0.29, 0.717) is 13.0 Å². The Morgan fingerprint density at radius 1 is 1.28 bits per heavy atom. The highest BCUT2D eigenvalue weighted by Gasteiger charge is 2.80. The molecule has 8 heteroatoms. The summed E-state index contributed by atoms with van der Waals surface area (Å²) < 4.78 is 6.62. The van der Waals surface area contributed by atoms with Gasteiger partial charge in [-0.1, -0.05) is 47.0 Å². The number of hydrogen-bond donors (Lipinski definition) is 3. The van der Waals surface area contributed by atoms with Crippen LogP contribution in [0.3, 0.4) is 0 Å². The molecule has 3 aliphatic heterocycles. The van der Waals surface area contributed by atoms with Gasteiger partial charge in [0.05, 0.1) is 30.1 Å². The SMILES string of the molecule is CCCCCNC(=O)C1N([C@@H](CO)[C@@H](C)CC)C(=O)[C@@H]2[C@@H](C(=O)NC)[C@]3(C)OC12CC3C. The molecule has 0 aromatic rings. The first-order valence-electron chi connectivity index (χ1n) is 12.3. The smallest absolute Gasteiger partial charge is 0.245 e. The van der Waals surface area contributed by atoms with Gasteiger partial charge in [0.15, 0.2) is 0 Å². The predicted molar refractivity (Wildman–Crippen MR) is 121 cm³/mol. The Morgan fingerprint density at radius 2 is 1.97 bits per heavy atom. The predicted octanol–water partition coefficient (Wildman–Crippen LogP) is 1.46. The molecule has 3 fully saturated rings. The summed E-state index contributed by atoms with van der Waals surface area (Å²) in [7, 11) is 1.57. The van der Waals surface area contributed by atoms with E-state index >= 15 is 0 Å². The third-order valence-electron chi connectivity index (χ3n) is 8.45. The second-order valence-electron chi connectivity index (χ2n) is 10.2. The fourth-order valence-electron chi connectivity index (χ4n) is 6.39. The normalized spacial score (nSPS) is 37.3. The van der Waals surface area contributed by atoms with Crippen LogP contribution in [0, 0.1) is 23.7 Å². The van der Waals surface area contributed by atoms with Crippen molar-refractivity contribution in [1.29, 1.82) is 0 Å². The first-order chi connectivity index (χ1) is 15.1. The Labute approximate surface area is 191 Å². The molecule has 0 radical (unpaired) electrons. The molecule has 3 heterocycles. The second kappa shape index (κ2) is 9.29.